The average molecular weight is 484 g/mol. The number of thiophene rings is 1. The van der Waals surface area contributed by atoms with Crippen LogP contribution in [0.2, 0.25) is 0 Å². The number of likely N-dealkylation sites (tertiary alicyclic amines) is 1. The van der Waals surface area contributed by atoms with Gasteiger partial charge in [0.1, 0.15) is 0 Å². The molecule has 34 heavy (non-hydrogen) atoms. The fourth-order valence-electron chi connectivity index (χ4n) is 3.47. The average Bonchev–Trinajstić information content (AvgIpc) is 3.56. The molecule has 3 amide bonds. The number of nitrogens with one attached hydrogen (secondary N) is 4. The summed E-state index contributed by atoms with van der Waals surface area (Å²) in [5.41, 5.74) is 1.31. The second-order valence-electron chi connectivity index (χ2n) is 7.73. The third-order valence-corrected chi connectivity index (χ3v) is 6.05. The van der Waals surface area contributed by atoms with Gasteiger partial charge in [-0.3, -0.25) is 4.79 Å². The van der Waals surface area contributed by atoms with E-state index < -0.39 is 5.82 Å². The fourth-order valence-corrected chi connectivity index (χ4v) is 4.11. The summed E-state index contributed by atoms with van der Waals surface area (Å²) in [5.74, 6) is -0.396. The molecule has 0 spiro atoms. The van der Waals surface area contributed by atoms with Crippen molar-refractivity contribution in [1.82, 2.24) is 20.2 Å². The Morgan fingerprint density at radius 2 is 1.91 bits per heavy atom. The lowest BCUT2D eigenvalue weighted by molar-refractivity contribution is 0.0957. The lowest BCUT2D eigenvalue weighted by atomic mass is 10.3. The van der Waals surface area contributed by atoms with Crippen LogP contribution in [0.5, 0.6) is 0 Å². The molecule has 0 bridgehead atoms. The Morgan fingerprint density at radius 1 is 1.09 bits per heavy atom. The number of rotatable bonds is 9. The zero-order valence-electron chi connectivity index (χ0n) is 18.5. The van der Waals surface area contributed by atoms with E-state index in [4.69, 9.17) is 0 Å². The molecule has 0 aliphatic carbocycles. The maximum absolute atomic E-state index is 14.2. The van der Waals surface area contributed by atoms with Crippen LogP contribution in [-0.2, 0) is 0 Å². The molecule has 3 aromatic rings. The molecule has 0 unspecified atom stereocenters. The molecule has 3 heterocycles. The summed E-state index contributed by atoms with van der Waals surface area (Å²) >= 11 is 1.38. The molecule has 178 valence electrons. The fraction of sp³-hybridized carbons (Fsp3) is 0.304. The molecule has 9 nitrogen and oxygen atoms in total. The van der Waals surface area contributed by atoms with Crippen LogP contribution in [0.4, 0.5) is 32.3 Å². The summed E-state index contributed by atoms with van der Waals surface area (Å²) in [4.78, 5) is 34.9. The summed E-state index contributed by atoms with van der Waals surface area (Å²) in [7, 11) is 0. The van der Waals surface area contributed by atoms with Gasteiger partial charge in [-0.05, 0) is 48.9 Å². The van der Waals surface area contributed by atoms with Gasteiger partial charge in [0.2, 0.25) is 5.95 Å². The van der Waals surface area contributed by atoms with E-state index >= 15 is 0 Å². The van der Waals surface area contributed by atoms with E-state index in [-0.39, 0.29) is 23.7 Å². The molecule has 4 N–H and O–H groups in total. The maximum atomic E-state index is 14.2. The minimum atomic E-state index is -0.570. The van der Waals surface area contributed by atoms with Gasteiger partial charge in [-0.15, -0.1) is 11.3 Å². The number of urea groups is 1. The largest absolute Gasteiger partial charge is 0.367 e. The SMILES string of the molecule is O=C(NCCCNc1nc(Nc2cccc(NC(=O)N3CCCC3)c2)ncc1F)c1cccs1. The van der Waals surface area contributed by atoms with E-state index in [2.05, 4.69) is 31.2 Å². The van der Waals surface area contributed by atoms with Crippen LogP contribution >= 0.6 is 11.3 Å². The molecule has 1 aliphatic heterocycles. The minimum absolute atomic E-state index is 0.0700. The van der Waals surface area contributed by atoms with Crippen molar-refractivity contribution in [2.75, 3.05) is 42.1 Å². The molecule has 1 aromatic carbocycles. The topological polar surface area (TPSA) is 111 Å². The molecular weight excluding hydrogens is 457 g/mol. The first-order valence-electron chi connectivity index (χ1n) is 11.1. The van der Waals surface area contributed by atoms with Crippen LogP contribution in [0, 0.1) is 5.82 Å². The molecule has 0 saturated carbocycles. The summed E-state index contributed by atoms with van der Waals surface area (Å²) in [6, 6.07) is 10.6. The molecule has 0 atom stereocenters. The van der Waals surface area contributed by atoms with Gasteiger partial charge in [-0.1, -0.05) is 12.1 Å². The molecule has 2 aromatic heterocycles. The van der Waals surface area contributed by atoms with Gasteiger partial charge >= 0.3 is 6.03 Å². The Bertz CT molecular complexity index is 1120. The predicted molar refractivity (Wildman–Crippen MR) is 131 cm³/mol. The number of hydrogen-bond acceptors (Lipinski definition) is 7. The monoisotopic (exact) mass is 483 g/mol. The first-order valence-corrected chi connectivity index (χ1v) is 12.0. The quantitative estimate of drug-likeness (QED) is 0.338. The highest BCUT2D eigenvalue weighted by atomic mass is 32.1. The zero-order chi connectivity index (χ0) is 23.8. The molecule has 4 rings (SSSR count). The third kappa shape index (κ3) is 6.41. The minimum Gasteiger partial charge on any atom is -0.367 e. The molecule has 1 saturated heterocycles. The second kappa shape index (κ2) is 11.4. The summed E-state index contributed by atoms with van der Waals surface area (Å²) < 4.78 is 14.2. The van der Waals surface area contributed by atoms with E-state index in [9.17, 15) is 14.0 Å². The summed E-state index contributed by atoms with van der Waals surface area (Å²) in [5, 5.41) is 13.5. The van der Waals surface area contributed by atoms with Crippen LogP contribution < -0.4 is 21.3 Å². The Labute approximate surface area is 200 Å². The number of halogens is 1. The number of aromatic nitrogens is 2. The van der Waals surface area contributed by atoms with Gasteiger partial charge < -0.3 is 26.2 Å². The van der Waals surface area contributed by atoms with Crippen LogP contribution in [0.1, 0.15) is 28.9 Å². The van der Waals surface area contributed by atoms with Crippen molar-refractivity contribution >= 4 is 46.4 Å². The smallest absolute Gasteiger partial charge is 0.321 e. The number of carbonyl (C=O) groups excluding carboxylic acids is 2. The van der Waals surface area contributed by atoms with Crippen LogP contribution in [0.25, 0.3) is 0 Å². The zero-order valence-corrected chi connectivity index (χ0v) is 19.3. The van der Waals surface area contributed by atoms with Crippen LogP contribution in [-0.4, -0.2) is 53.0 Å². The van der Waals surface area contributed by atoms with Crippen molar-refractivity contribution in [3.63, 3.8) is 0 Å². The summed E-state index contributed by atoms with van der Waals surface area (Å²) in [6.07, 6.45) is 3.74. The molecule has 0 radical (unpaired) electrons. The lowest BCUT2D eigenvalue weighted by Crippen LogP contribution is -2.32. The Morgan fingerprint density at radius 3 is 2.71 bits per heavy atom. The van der Waals surface area contributed by atoms with Gasteiger partial charge in [0.05, 0.1) is 11.1 Å². The summed E-state index contributed by atoms with van der Waals surface area (Å²) in [6.45, 7) is 2.42. The Kier molecular flexibility index (Phi) is 7.87. The van der Waals surface area contributed by atoms with Gasteiger partial charge in [0.25, 0.3) is 5.91 Å². The highest BCUT2D eigenvalue weighted by Crippen LogP contribution is 2.21. The lowest BCUT2D eigenvalue weighted by Gasteiger charge is -2.16. The Balaban J connectivity index is 1.28. The number of anilines is 4. The molecular formula is C23H26FN7O2S. The number of amides is 3. The number of carbonyl (C=O) groups is 2. The van der Waals surface area contributed by atoms with Gasteiger partial charge in [0, 0.05) is 37.6 Å². The van der Waals surface area contributed by atoms with E-state index in [1.165, 1.54) is 11.3 Å². The van der Waals surface area contributed by atoms with E-state index in [0.29, 0.717) is 35.8 Å². The Hall–Kier alpha value is -3.73. The van der Waals surface area contributed by atoms with Crippen molar-refractivity contribution in [3.05, 3.63) is 58.7 Å². The maximum Gasteiger partial charge on any atom is 0.321 e. The predicted octanol–water partition coefficient (Wildman–Crippen LogP) is 4.28. The normalized spacial score (nSPS) is 12.9. The number of benzene rings is 1. The third-order valence-electron chi connectivity index (χ3n) is 5.18. The number of nitrogens with zero attached hydrogens (tertiary/aromatic N) is 3. The van der Waals surface area contributed by atoms with E-state index in [1.54, 1.807) is 29.2 Å². The van der Waals surface area contributed by atoms with Gasteiger partial charge in [0.15, 0.2) is 11.6 Å². The highest BCUT2D eigenvalue weighted by molar-refractivity contribution is 7.12. The van der Waals surface area contributed by atoms with Crippen LogP contribution in [0.3, 0.4) is 0 Å². The first kappa shape index (κ1) is 23.4. The van der Waals surface area contributed by atoms with Gasteiger partial charge in [-0.2, -0.15) is 4.98 Å². The standard InChI is InChI=1S/C23H26FN7O2S/c24-18-15-27-22(30-20(18)25-9-5-10-26-21(32)19-8-4-13-34-19)28-16-6-3-7-17(14-16)29-23(33)31-11-1-2-12-31/h3-4,6-8,13-15H,1-2,5,9-12H2,(H,26,32)(H,29,33)(H2,25,27,28,30). The highest BCUT2D eigenvalue weighted by Gasteiger charge is 2.17. The van der Waals surface area contributed by atoms with Crippen molar-refractivity contribution < 1.29 is 14.0 Å². The van der Waals surface area contributed by atoms with Crippen molar-refractivity contribution in [2.24, 2.45) is 0 Å². The van der Waals surface area contributed by atoms with E-state index in [1.807, 2.05) is 17.5 Å². The molecule has 1 fully saturated rings. The van der Waals surface area contributed by atoms with Crippen molar-refractivity contribution in [1.29, 1.82) is 0 Å². The molecule has 1 aliphatic rings. The first-order chi connectivity index (χ1) is 16.6. The van der Waals surface area contributed by atoms with E-state index in [0.717, 1.165) is 32.1 Å². The second-order valence-corrected chi connectivity index (χ2v) is 8.68. The van der Waals surface area contributed by atoms with Crippen molar-refractivity contribution in [2.45, 2.75) is 19.3 Å². The van der Waals surface area contributed by atoms with Crippen molar-refractivity contribution in [3.8, 4) is 0 Å². The molecule has 11 heteroatoms. The van der Waals surface area contributed by atoms with Gasteiger partial charge in [-0.25, -0.2) is 14.2 Å². The number of hydrogen-bond donors (Lipinski definition) is 4. The van der Waals surface area contributed by atoms with Crippen LogP contribution in [0.15, 0.2) is 48.0 Å².